The molecule has 0 radical (unpaired) electrons. The lowest BCUT2D eigenvalue weighted by atomic mass is 10.1. The SMILES string of the molecule is Nc1ccccc1CCOc1ccccc1Br. The Balaban J connectivity index is 1.93. The third-order valence-corrected chi connectivity index (χ3v) is 3.18. The Hall–Kier alpha value is -1.48. The molecule has 2 rings (SSSR count). The van der Waals surface area contributed by atoms with Crippen molar-refractivity contribution in [1.29, 1.82) is 0 Å². The summed E-state index contributed by atoms with van der Waals surface area (Å²) in [6.07, 6.45) is 0.813. The van der Waals surface area contributed by atoms with Gasteiger partial charge in [0, 0.05) is 12.1 Å². The zero-order valence-corrected chi connectivity index (χ0v) is 11.0. The Morgan fingerprint density at radius 1 is 1.00 bits per heavy atom. The minimum atomic E-state index is 0.622. The highest BCUT2D eigenvalue weighted by atomic mass is 79.9. The van der Waals surface area contributed by atoms with Gasteiger partial charge >= 0.3 is 0 Å². The van der Waals surface area contributed by atoms with Crippen molar-refractivity contribution in [3.05, 3.63) is 58.6 Å². The van der Waals surface area contributed by atoms with Gasteiger partial charge in [-0.05, 0) is 39.7 Å². The molecule has 0 heterocycles. The lowest BCUT2D eigenvalue weighted by Crippen LogP contribution is -2.03. The van der Waals surface area contributed by atoms with E-state index in [0.29, 0.717) is 6.61 Å². The number of anilines is 1. The molecule has 0 amide bonds. The van der Waals surface area contributed by atoms with Gasteiger partial charge in [0.1, 0.15) is 5.75 Å². The third-order valence-electron chi connectivity index (χ3n) is 2.52. The van der Waals surface area contributed by atoms with Gasteiger partial charge < -0.3 is 10.5 Å². The largest absolute Gasteiger partial charge is 0.492 e. The van der Waals surface area contributed by atoms with Crippen molar-refractivity contribution in [1.82, 2.24) is 0 Å². The fourth-order valence-corrected chi connectivity index (χ4v) is 1.99. The van der Waals surface area contributed by atoms with Crippen LogP contribution >= 0.6 is 15.9 Å². The van der Waals surface area contributed by atoms with Crippen molar-refractivity contribution in [2.24, 2.45) is 0 Å². The molecule has 2 aromatic carbocycles. The van der Waals surface area contributed by atoms with Gasteiger partial charge in [-0.15, -0.1) is 0 Å². The highest BCUT2D eigenvalue weighted by molar-refractivity contribution is 9.10. The monoisotopic (exact) mass is 291 g/mol. The van der Waals surface area contributed by atoms with Gasteiger partial charge in [0.2, 0.25) is 0 Å². The number of hydrogen-bond acceptors (Lipinski definition) is 2. The topological polar surface area (TPSA) is 35.2 Å². The standard InChI is InChI=1S/C14H14BrNO/c15-12-6-2-4-8-14(12)17-10-9-11-5-1-3-7-13(11)16/h1-8H,9-10,16H2. The van der Waals surface area contributed by atoms with Crippen molar-refractivity contribution < 1.29 is 4.74 Å². The van der Waals surface area contributed by atoms with Crippen LogP contribution in [0.1, 0.15) is 5.56 Å². The van der Waals surface area contributed by atoms with E-state index < -0.39 is 0 Å². The molecular formula is C14H14BrNO. The number of hydrogen-bond donors (Lipinski definition) is 1. The average Bonchev–Trinajstić information content (AvgIpc) is 2.34. The normalized spacial score (nSPS) is 10.2. The first-order chi connectivity index (χ1) is 8.27. The van der Waals surface area contributed by atoms with E-state index in [4.69, 9.17) is 10.5 Å². The Labute approximate surface area is 110 Å². The van der Waals surface area contributed by atoms with Gasteiger partial charge in [-0.3, -0.25) is 0 Å². The molecule has 0 unspecified atom stereocenters. The summed E-state index contributed by atoms with van der Waals surface area (Å²) >= 11 is 3.45. The minimum Gasteiger partial charge on any atom is -0.492 e. The Morgan fingerprint density at radius 2 is 1.71 bits per heavy atom. The summed E-state index contributed by atoms with van der Waals surface area (Å²) in [5.74, 6) is 0.863. The molecule has 3 heteroatoms. The maximum absolute atomic E-state index is 5.87. The average molecular weight is 292 g/mol. The summed E-state index contributed by atoms with van der Waals surface area (Å²) in [6.45, 7) is 0.622. The first-order valence-corrected chi connectivity index (χ1v) is 6.27. The van der Waals surface area contributed by atoms with E-state index in [1.807, 2.05) is 48.5 Å². The fraction of sp³-hybridized carbons (Fsp3) is 0.143. The second-order valence-corrected chi connectivity index (χ2v) is 4.58. The van der Waals surface area contributed by atoms with Gasteiger partial charge in [-0.2, -0.15) is 0 Å². The van der Waals surface area contributed by atoms with Crippen LogP contribution in [-0.4, -0.2) is 6.61 Å². The van der Waals surface area contributed by atoms with Gasteiger partial charge in [0.05, 0.1) is 11.1 Å². The number of ether oxygens (including phenoxy) is 1. The van der Waals surface area contributed by atoms with Gasteiger partial charge in [-0.25, -0.2) is 0 Å². The van der Waals surface area contributed by atoms with E-state index in [0.717, 1.165) is 27.9 Å². The van der Waals surface area contributed by atoms with Crippen LogP contribution < -0.4 is 10.5 Å². The summed E-state index contributed by atoms with van der Waals surface area (Å²) in [6, 6.07) is 15.7. The first kappa shape index (κ1) is 12.0. The molecule has 0 fully saturated rings. The molecule has 0 spiro atoms. The number of benzene rings is 2. The van der Waals surface area contributed by atoms with Crippen molar-refractivity contribution >= 4 is 21.6 Å². The highest BCUT2D eigenvalue weighted by Crippen LogP contribution is 2.24. The van der Waals surface area contributed by atoms with Gasteiger partial charge in [0.25, 0.3) is 0 Å². The maximum Gasteiger partial charge on any atom is 0.133 e. The summed E-state index contributed by atoms with van der Waals surface area (Å²) in [5, 5.41) is 0. The summed E-state index contributed by atoms with van der Waals surface area (Å²) in [4.78, 5) is 0. The second-order valence-electron chi connectivity index (χ2n) is 3.73. The van der Waals surface area contributed by atoms with Crippen LogP contribution in [0.5, 0.6) is 5.75 Å². The van der Waals surface area contributed by atoms with E-state index in [1.54, 1.807) is 0 Å². The van der Waals surface area contributed by atoms with Crippen LogP contribution in [0.4, 0.5) is 5.69 Å². The molecule has 0 aliphatic carbocycles. The maximum atomic E-state index is 5.87. The van der Waals surface area contributed by atoms with Crippen LogP contribution in [-0.2, 0) is 6.42 Å². The third kappa shape index (κ3) is 3.24. The summed E-state index contributed by atoms with van der Waals surface area (Å²) in [5.41, 5.74) is 7.81. The molecule has 88 valence electrons. The quantitative estimate of drug-likeness (QED) is 0.873. The van der Waals surface area contributed by atoms with Crippen molar-refractivity contribution in [2.45, 2.75) is 6.42 Å². The molecule has 0 aliphatic heterocycles. The molecular weight excluding hydrogens is 278 g/mol. The summed E-state index contributed by atoms with van der Waals surface area (Å²) < 4.78 is 6.67. The predicted octanol–water partition coefficient (Wildman–Crippen LogP) is 3.65. The van der Waals surface area contributed by atoms with Crippen LogP contribution in [0, 0.1) is 0 Å². The smallest absolute Gasteiger partial charge is 0.133 e. The predicted molar refractivity (Wildman–Crippen MR) is 74.2 cm³/mol. The lowest BCUT2D eigenvalue weighted by Gasteiger charge is -2.09. The molecule has 2 nitrogen and oxygen atoms in total. The van der Waals surface area contributed by atoms with E-state index in [-0.39, 0.29) is 0 Å². The Bertz CT molecular complexity index is 454. The molecule has 0 bridgehead atoms. The van der Waals surface area contributed by atoms with Crippen LogP contribution in [0.2, 0.25) is 0 Å². The fourth-order valence-electron chi connectivity index (χ4n) is 1.59. The van der Waals surface area contributed by atoms with E-state index >= 15 is 0 Å². The highest BCUT2D eigenvalue weighted by Gasteiger charge is 2.01. The number of rotatable bonds is 4. The molecule has 0 aromatic heterocycles. The number of nitrogen functional groups attached to an aromatic ring is 1. The first-order valence-electron chi connectivity index (χ1n) is 5.48. The van der Waals surface area contributed by atoms with Crippen LogP contribution in [0.3, 0.4) is 0 Å². The molecule has 2 aromatic rings. The van der Waals surface area contributed by atoms with Crippen LogP contribution in [0.15, 0.2) is 53.0 Å². The molecule has 0 saturated heterocycles. The molecule has 17 heavy (non-hydrogen) atoms. The van der Waals surface area contributed by atoms with E-state index in [2.05, 4.69) is 15.9 Å². The molecule has 0 atom stereocenters. The molecule has 2 N–H and O–H groups in total. The van der Waals surface area contributed by atoms with Crippen molar-refractivity contribution in [3.63, 3.8) is 0 Å². The van der Waals surface area contributed by atoms with E-state index in [1.165, 1.54) is 0 Å². The van der Waals surface area contributed by atoms with Crippen molar-refractivity contribution in [3.8, 4) is 5.75 Å². The lowest BCUT2D eigenvalue weighted by molar-refractivity contribution is 0.320. The number of para-hydroxylation sites is 2. The Kier molecular flexibility index (Phi) is 4.04. The number of nitrogens with two attached hydrogens (primary N) is 1. The molecule has 0 aliphatic rings. The minimum absolute atomic E-state index is 0.622. The summed E-state index contributed by atoms with van der Waals surface area (Å²) in [7, 11) is 0. The second kappa shape index (κ2) is 5.73. The number of halogens is 1. The zero-order valence-electron chi connectivity index (χ0n) is 9.40. The van der Waals surface area contributed by atoms with Crippen molar-refractivity contribution in [2.75, 3.05) is 12.3 Å². The van der Waals surface area contributed by atoms with E-state index in [9.17, 15) is 0 Å². The zero-order chi connectivity index (χ0) is 12.1. The molecule has 0 saturated carbocycles. The van der Waals surface area contributed by atoms with Crippen LogP contribution in [0.25, 0.3) is 0 Å². The van der Waals surface area contributed by atoms with Gasteiger partial charge in [-0.1, -0.05) is 30.3 Å². The Morgan fingerprint density at radius 3 is 2.47 bits per heavy atom. The van der Waals surface area contributed by atoms with Gasteiger partial charge in [0.15, 0.2) is 0 Å².